The van der Waals surface area contributed by atoms with Crippen LogP contribution in [0.3, 0.4) is 0 Å². The number of rotatable bonds is 5. The van der Waals surface area contributed by atoms with Crippen LogP contribution in [-0.2, 0) is 4.79 Å². The maximum atomic E-state index is 11.2. The number of halogens is 1. The van der Waals surface area contributed by atoms with Crippen molar-refractivity contribution in [3.05, 3.63) is 34.2 Å². The maximum Gasteiger partial charge on any atom is 0.349 e. The van der Waals surface area contributed by atoms with Gasteiger partial charge in [0, 0.05) is 5.69 Å². The van der Waals surface area contributed by atoms with Crippen LogP contribution in [0.2, 0.25) is 5.02 Å². The molecule has 0 spiro atoms. The Hall–Kier alpha value is -2.25. The minimum Gasteiger partial charge on any atom is -0.479 e. The number of benzene rings is 1. The average molecular weight is 328 g/mol. The SMILES string of the molecule is Nc1ccc(-c2sc(C(=O)O)c(OCC(=O)O)c2Cl)cc1. The van der Waals surface area contributed by atoms with Crippen LogP contribution in [-0.4, -0.2) is 28.8 Å². The van der Waals surface area contributed by atoms with Gasteiger partial charge >= 0.3 is 11.9 Å². The summed E-state index contributed by atoms with van der Waals surface area (Å²) in [4.78, 5) is 22.1. The Morgan fingerprint density at radius 2 is 1.86 bits per heavy atom. The fourth-order valence-corrected chi connectivity index (χ4v) is 3.03. The number of nitrogen functional groups attached to an aromatic ring is 1. The molecule has 0 radical (unpaired) electrons. The molecule has 1 aromatic carbocycles. The Labute approximate surface area is 128 Å². The van der Waals surface area contributed by atoms with Crippen LogP contribution in [0.15, 0.2) is 24.3 Å². The van der Waals surface area contributed by atoms with Crippen molar-refractivity contribution in [3.63, 3.8) is 0 Å². The zero-order chi connectivity index (χ0) is 15.6. The van der Waals surface area contributed by atoms with Gasteiger partial charge < -0.3 is 20.7 Å². The molecule has 0 unspecified atom stereocenters. The van der Waals surface area contributed by atoms with E-state index in [0.29, 0.717) is 16.1 Å². The molecule has 0 atom stereocenters. The molecule has 6 nitrogen and oxygen atoms in total. The lowest BCUT2D eigenvalue weighted by molar-refractivity contribution is -0.139. The number of aliphatic carboxylic acids is 1. The van der Waals surface area contributed by atoms with Crippen molar-refractivity contribution in [2.24, 2.45) is 0 Å². The van der Waals surface area contributed by atoms with Crippen molar-refractivity contribution in [2.45, 2.75) is 0 Å². The van der Waals surface area contributed by atoms with Crippen LogP contribution in [0.1, 0.15) is 9.67 Å². The molecule has 2 aromatic rings. The molecule has 8 heteroatoms. The monoisotopic (exact) mass is 327 g/mol. The number of carboxylic acids is 2. The molecule has 0 amide bonds. The van der Waals surface area contributed by atoms with Crippen LogP contribution in [0.5, 0.6) is 5.75 Å². The summed E-state index contributed by atoms with van der Waals surface area (Å²) in [7, 11) is 0. The molecule has 0 aliphatic heterocycles. The second kappa shape index (κ2) is 6.02. The summed E-state index contributed by atoms with van der Waals surface area (Å²) in [5, 5.41) is 17.9. The van der Waals surface area contributed by atoms with E-state index in [0.717, 1.165) is 11.3 Å². The molecule has 0 saturated heterocycles. The Balaban J connectivity index is 2.48. The Morgan fingerprint density at radius 3 is 2.38 bits per heavy atom. The minimum atomic E-state index is -1.23. The van der Waals surface area contributed by atoms with Crippen molar-refractivity contribution in [2.75, 3.05) is 12.3 Å². The van der Waals surface area contributed by atoms with Gasteiger partial charge in [-0.15, -0.1) is 11.3 Å². The van der Waals surface area contributed by atoms with Gasteiger partial charge in [-0.25, -0.2) is 9.59 Å². The molecule has 0 saturated carbocycles. The third-order valence-corrected chi connectivity index (χ3v) is 4.20. The molecular formula is C13H10ClNO5S. The molecule has 0 aliphatic carbocycles. The summed E-state index contributed by atoms with van der Waals surface area (Å²) in [6, 6.07) is 6.70. The standard InChI is InChI=1S/C13H10ClNO5S/c14-9-10(20-5-8(16)17)12(13(18)19)21-11(9)6-1-3-7(15)4-2-6/h1-4H,5,15H2,(H,16,17)(H,18,19). The van der Waals surface area contributed by atoms with Gasteiger partial charge in [0.25, 0.3) is 0 Å². The molecular weight excluding hydrogens is 318 g/mol. The largest absolute Gasteiger partial charge is 0.479 e. The normalized spacial score (nSPS) is 10.3. The molecule has 0 aliphatic rings. The van der Waals surface area contributed by atoms with Crippen molar-refractivity contribution >= 4 is 40.6 Å². The van der Waals surface area contributed by atoms with Gasteiger partial charge in [0.1, 0.15) is 5.02 Å². The lowest BCUT2D eigenvalue weighted by atomic mass is 10.1. The van der Waals surface area contributed by atoms with Crippen LogP contribution in [0, 0.1) is 0 Å². The van der Waals surface area contributed by atoms with E-state index in [1.165, 1.54) is 0 Å². The van der Waals surface area contributed by atoms with Crippen LogP contribution < -0.4 is 10.5 Å². The van der Waals surface area contributed by atoms with Crippen molar-refractivity contribution < 1.29 is 24.5 Å². The highest BCUT2D eigenvalue weighted by Crippen LogP contribution is 2.45. The van der Waals surface area contributed by atoms with E-state index in [-0.39, 0.29) is 15.6 Å². The third-order valence-electron chi connectivity index (χ3n) is 2.52. The lowest BCUT2D eigenvalue weighted by Crippen LogP contribution is -2.10. The smallest absolute Gasteiger partial charge is 0.349 e. The van der Waals surface area contributed by atoms with Gasteiger partial charge in [-0.1, -0.05) is 23.7 Å². The van der Waals surface area contributed by atoms with Gasteiger partial charge in [-0.3, -0.25) is 0 Å². The molecule has 0 bridgehead atoms. The number of carbonyl (C=O) groups is 2. The van der Waals surface area contributed by atoms with E-state index in [4.69, 9.17) is 32.3 Å². The topological polar surface area (TPSA) is 110 Å². The molecule has 0 fully saturated rings. The number of hydrogen-bond acceptors (Lipinski definition) is 5. The van der Waals surface area contributed by atoms with E-state index in [1.807, 2.05) is 0 Å². The first-order chi connectivity index (χ1) is 9.90. The zero-order valence-electron chi connectivity index (χ0n) is 10.5. The zero-order valence-corrected chi connectivity index (χ0v) is 12.1. The summed E-state index contributed by atoms with van der Waals surface area (Å²) in [6.45, 7) is -0.669. The quantitative estimate of drug-likeness (QED) is 0.728. The van der Waals surface area contributed by atoms with Crippen LogP contribution in [0.25, 0.3) is 10.4 Å². The fourth-order valence-electron chi connectivity index (χ4n) is 1.62. The molecule has 4 N–H and O–H groups in total. The number of anilines is 1. The van der Waals surface area contributed by atoms with Crippen LogP contribution in [0.4, 0.5) is 5.69 Å². The lowest BCUT2D eigenvalue weighted by Gasteiger charge is -2.03. The van der Waals surface area contributed by atoms with Crippen molar-refractivity contribution in [1.82, 2.24) is 0 Å². The number of aromatic carboxylic acids is 1. The van der Waals surface area contributed by atoms with Gasteiger partial charge in [0.15, 0.2) is 17.2 Å². The highest BCUT2D eigenvalue weighted by molar-refractivity contribution is 7.18. The molecule has 1 aromatic heterocycles. The second-order valence-corrected chi connectivity index (χ2v) is 5.41. The summed E-state index contributed by atoms with van der Waals surface area (Å²) in [5.74, 6) is -2.59. The second-order valence-electron chi connectivity index (χ2n) is 4.01. The minimum absolute atomic E-state index is 0.0726. The Bertz CT molecular complexity index is 695. The predicted octanol–water partition coefficient (Wildman–Crippen LogP) is 2.81. The Morgan fingerprint density at radius 1 is 1.24 bits per heavy atom. The van der Waals surface area contributed by atoms with E-state index < -0.39 is 18.5 Å². The summed E-state index contributed by atoms with van der Waals surface area (Å²) < 4.78 is 4.99. The number of thiophene rings is 1. The first-order valence-electron chi connectivity index (χ1n) is 5.66. The van der Waals surface area contributed by atoms with Crippen molar-refractivity contribution in [3.8, 4) is 16.2 Å². The summed E-state index contributed by atoms with van der Waals surface area (Å²) in [6.07, 6.45) is 0. The van der Waals surface area contributed by atoms with Gasteiger partial charge in [0.2, 0.25) is 0 Å². The maximum absolute atomic E-state index is 11.2. The summed E-state index contributed by atoms with van der Waals surface area (Å²) >= 11 is 7.04. The highest BCUT2D eigenvalue weighted by Gasteiger charge is 2.24. The first-order valence-corrected chi connectivity index (χ1v) is 6.85. The van der Waals surface area contributed by atoms with E-state index in [9.17, 15) is 9.59 Å². The third kappa shape index (κ3) is 3.26. The van der Waals surface area contributed by atoms with Crippen molar-refractivity contribution in [1.29, 1.82) is 0 Å². The predicted molar refractivity (Wildman–Crippen MR) is 79.3 cm³/mol. The van der Waals surface area contributed by atoms with Gasteiger partial charge in [-0.05, 0) is 17.7 Å². The Kier molecular flexibility index (Phi) is 4.35. The van der Waals surface area contributed by atoms with E-state index in [2.05, 4.69) is 0 Å². The summed E-state index contributed by atoms with van der Waals surface area (Å²) in [5.41, 5.74) is 6.83. The molecule has 21 heavy (non-hydrogen) atoms. The van der Waals surface area contributed by atoms with E-state index >= 15 is 0 Å². The molecule has 1 heterocycles. The number of nitrogens with two attached hydrogens (primary N) is 1. The number of carboxylic acid groups (broad SMARTS) is 2. The average Bonchev–Trinajstić information content (AvgIpc) is 2.75. The highest BCUT2D eigenvalue weighted by atomic mass is 35.5. The fraction of sp³-hybridized carbons (Fsp3) is 0.0769. The van der Waals surface area contributed by atoms with Gasteiger partial charge in [-0.2, -0.15) is 0 Å². The van der Waals surface area contributed by atoms with Gasteiger partial charge in [0.05, 0.1) is 4.88 Å². The number of hydrogen-bond donors (Lipinski definition) is 3. The molecule has 110 valence electrons. The van der Waals surface area contributed by atoms with Crippen LogP contribution >= 0.6 is 22.9 Å². The molecule has 2 rings (SSSR count). The number of ether oxygens (including phenoxy) is 1. The van der Waals surface area contributed by atoms with E-state index in [1.54, 1.807) is 24.3 Å². The first kappa shape index (κ1) is 15.1.